The number of hydrogen-bond acceptors (Lipinski definition) is 6. The van der Waals surface area contributed by atoms with Gasteiger partial charge in [0.1, 0.15) is 10.9 Å². The number of benzene rings is 2. The minimum Gasteiger partial charge on any atom is -0.490 e. The monoisotopic (exact) mass is 550 g/mol. The Kier molecular flexibility index (Phi) is 7.75. The van der Waals surface area contributed by atoms with Crippen molar-refractivity contribution in [2.75, 3.05) is 13.2 Å². The SMILES string of the molecule is CCOc1cc(/C=C2\SC(=S)N(CC)C2=O)cc(I)c1OCc1ccccc1C#N. The first-order chi connectivity index (χ1) is 14.5. The van der Waals surface area contributed by atoms with Crippen LogP contribution in [-0.2, 0) is 11.4 Å². The Morgan fingerprint density at radius 2 is 2.03 bits per heavy atom. The van der Waals surface area contributed by atoms with E-state index in [9.17, 15) is 10.1 Å². The predicted octanol–water partition coefficient (Wildman–Crippen LogP) is 5.36. The van der Waals surface area contributed by atoms with Crippen LogP contribution in [0.5, 0.6) is 11.5 Å². The molecule has 0 unspecified atom stereocenters. The number of carbonyl (C=O) groups is 1. The van der Waals surface area contributed by atoms with E-state index in [1.165, 1.54) is 11.8 Å². The normalized spacial score (nSPS) is 14.9. The van der Waals surface area contributed by atoms with Crippen molar-refractivity contribution in [2.45, 2.75) is 20.5 Å². The quantitative estimate of drug-likeness (QED) is 0.263. The fourth-order valence-corrected chi connectivity index (χ4v) is 5.07. The van der Waals surface area contributed by atoms with Gasteiger partial charge in [-0.05, 0) is 66.3 Å². The van der Waals surface area contributed by atoms with Gasteiger partial charge in [0, 0.05) is 12.1 Å². The molecule has 0 atom stereocenters. The van der Waals surface area contributed by atoms with Gasteiger partial charge in [-0.2, -0.15) is 5.26 Å². The highest BCUT2D eigenvalue weighted by atomic mass is 127. The molecule has 1 amide bonds. The van der Waals surface area contributed by atoms with E-state index in [-0.39, 0.29) is 12.5 Å². The first-order valence-electron chi connectivity index (χ1n) is 9.31. The minimum atomic E-state index is -0.0751. The summed E-state index contributed by atoms with van der Waals surface area (Å²) in [5.74, 6) is 1.13. The molecule has 0 spiro atoms. The number of halogens is 1. The van der Waals surface area contributed by atoms with E-state index in [1.54, 1.807) is 11.0 Å². The standard InChI is InChI=1S/C22H19IN2O3S2/c1-3-25-21(26)19(30-22(25)29)11-14-9-17(23)20(18(10-14)27-4-2)28-13-16-8-6-5-7-15(16)12-24/h5-11H,3-4,13H2,1-2H3/b19-11-. The molecule has 5 nitrogen and oxygen atoms in total. The summed E-state index contributed by atoms with van der Waals surface area (Å²) in [7, 11) is 0. The molecule has 2 aromatic carbocycles. The van der Waals surface area contributed by atoms with Gasteiger partial charge in [-0.1, -0.05) is 42.2 Å². The van der Waals surface area contributed by atoms with Crippen LogP contribution in [-0.4, -0.2) is 28.3 Å². The van der Waals surface area contributed by atoms with Gasteiger partial charge in [0.2, 0.25) is 0 Å². The largest absolute Gasteiger partial charge is 0.490 e. The highest BCUT2D eigenvalue weighted by molar-refractivity contribution is 14.1. The highest BCUT2D eigenvalue weighted by Crippen LogP contribution is 2.38. The molecule has 0 N–H and O–H groups in total. The molecule has 0 aromatic heterocycles. The number of hydrogen-bond donors (Lipinski definition) is 0. The number of rotatable bonds is 7. The molecule has 8 heteroatoms. The third kappa shape index (κ3) is 4.96. The van der Waals surface area contributed by atoms with Crippen LogP contribution in [0.1, 0.15) is 30.5 Å². The van der Waals surface area contributed by atoms with Crippen LogP contribution >= 0.6 is 46.6 Å². The van der Waals surface area contributed by atoms with Crippen molar-refractivity contribution in [3.05, 3.63) is 61.6 Å². The second-order valence-corrected chi connectivity index (χ2v) is 9.08. The average Bonchev–Trinajstić information content (AvgIpc) is 3.00. The summed E-state index contributed by atoms with van der Waals surface area (Å²) < 4.78 is 13.3. The van der Waals surface area contributed by atoms with Crippen molar-refractivity contribution in [3.63, 3.8) is 0 Å². The van der Waals surface area contributed by atoms with E-state index in [1.807, 2.05) is 50.3 Å². The van der Waals surface area contributed by atoms with Crippen molar-refractivity contribution < 1.29 is 14.3 Å². The number of nitrogens with zero attached hydrogens (tertiary/aromatic N) is 2. The van der Waals surface area contributed by atoms with Crippen molar-refractivity contribution in [1.82, 2.24) is 4.90 Å². The van der Waals surface area contributed by atoms with E-state index >= 15 is 0 Å². The van der Waals surface area contributed by atoms with Gasteiger partial charge in [0.25, 0.3) is 5.91 Å². The van der Waals surface area contributed by atoms with Gasteiger partial charge in [-0.15, -0.1) is 0 Å². The molecule has 1 fully saturated rings. The molecule has 1 aliphatic heterocycles. The Hall–Kier alpha value is -2.09. The number of thiocarbonyl (C=S) groups is 1. The maximum atomic E-state index is 12.5. The molecular weight excluding hydrogens is 531 g/mol. The zero-order valence-electron chi connectivity index (χ0n) is 16.5. The first kappa shape index (κ1) is 22.6. The van der Waals surface area contributed by atoms with Gasteiger partial charge < -0.3 is 9.47 Å². The van der Waals surface area contributed by atoms with Crippen LogP contribution < -0.4 is 9.47 Å². The summed E-state index contributed by atoms with van der Waals surface area (Å²) in [6, 6.07) is 13.3. The fraction of sp³-hybridized carbons (Fsp3) is 0.227. The Morgan fingerprint density at radius 3 is 2.70 bits per heavy atom. The first-order valence-corrected chi connectivity index (χ1v) is 11.6. The Labute approximate surface area is 199 Å². The second kappa shape index (κ2) is 10.3. The summed E-state index contributed by atoms with van der Waals surface area (Å²) in [4.78, 5) is 14.7. The van der Waals surface area contributed by atoms with E-state index in [4.69, 9.17) is 21.7 Å². The molecule has 3 rings (SSSR count). The lowest BCUT2D eigenvalue weighted by Gasteiger charge is -2.15. The van der Waals surface area contributed by atoms with Crippen LogP contribution in [0.2, 0.25) is 0 Å². The number of thioether (sulfide) groups is 1. The van der Waals surface area contributed by atoms with E-state index in [0.717, 1.165) is 14.7 Å². The lowest BCUT2D eigenvalue weighted by Crippen LogP contribution is -2.27. The van der Waals surface area contributed by atoms with Crippen LogP contribution in [0.4, 0.5) is 0 Å². The second-order valence-electron chi connectivity index (χ2n) is 6.25. The Balaban J connectivity index is 1.89. The van der Waals surface area contributed by atoms with Crippen molar-refractivity contribution in [2.24, 2.45) is 0 Å². The van der Waals surface area contributed by atoms with Gasteiger partial charge in [0.15, 0.2) is 11.5 Å². The van der Waals surface area contributed by atoms with Gasteiger partial charge in [-0.3, -0.25) is 9.69 Å². The topological polar surface area (TPSA) is 62.6 Å². The summed E-state index contributed by atoms with van der Waals surface area (Å²) in [5, 5.41) is 9.28. The lowest BCUT2D eigenvalue weighted by molar-refractivity contribution is -0.121. The molecule has 0 saturated carbocycles. The average molecular weight is 550 g/mol. The Bertz CT molecular complexity index is 1060. The minimum absolute atomic E-state index is 0.0751. The molecule has 30 heavy (non-hydrogen) atoms. The van der Waals surface area contributed by atoms with Crippen LogP contribution in [0, 0.1) is 14.9 Å². The molecule has 154 valence electrons. The molecular formula is C22H19IN2O3S2. The van der Waals surface area contributed by atoms with Crippen LogP contribution in [0.25, 0.3) is 6.08 Å². The fourth-order valence-electron chi connectivity index (χ4n) is 2.90. The van der Waals surface area contributed by atoms with Crippen molar-refractivity contribution in [3.8, 4) is 17.6 Å². The maximum absolute atomic E-state index is 12.5. The van der Waals surface area contributed by atoms with Gasteiger partial charge >= 0.3 is 0 Å². The summed E-state index contributed by atoms with van der Waals surface area (Å²) in [6.07, 6.45) is 1.83. The molecule has 1 saturated heterocycles. The molecule has 1 aliphatic rings. The van der Waals surface area contributed by atoms with Crippen LogP contribution in [0.15, 0.2) is 41.3 Å². The smallest absolute Gasteiger partial charge is 0.266 e. The molecule has 1 heterocycles. The van der Waals surface area contributed by atoms with E-state index < -0.39 is 0 Å². The maximum Gasteiger partial charge on any atom is 0.266 e. The van der Waals surface area contributed by atoms with Crippen molar-refractivity contribution in [1.29, 1.82) is 5.26 Å². The number of ether oxygens (including phenoxy) is 2. The zero-order chi connectivity index (χ0) is 21.7. The lowest BCUT2D eigenvalue weighted by atomic mass is 10.1. The zero-order valence-corrected chi connectivity index (χ0v) is 20.3. The molecule has 0 radical (unpaired) electrons. The molecule has 0 bridgehead atoms. The number of carbonyl (C=O) groups excluding carboxylic acids is 1. The summed E-state index contributed by atoms with van der Waals surface area (Å²) in [6.45, 7) is 5.10. The van der Waals surface area contributed by atoms with Crippen LogP contribution in [0.3, 0.4) is 0 Å². The van der Waals surface area contributed by atoms with Gasteiger partial charge in [0.05, 0.1) is 26.7 Å². The third-order valence-corrected chi connectivity index (χ3v) is 6.51. The molecule has 0 aliphatic carbocycles. The Morgan fingerprint density at radius 1 is 1.27 bits per heavy atom. The number of likely N-dealkylation sites (N-methyl/N-ethyl adjacent to an activating group) is 1. The van der Waals surface area contributed by atoms with E-state index in [2.05, 4.69) is 28.7 Å². The van der Waals surface area contributed by atoms with Crippen molar-refractivity contribution >= 4 is 62.9 Å². The summed E-state index contributed by atoms with van der Waals surface area (Å²) in [5.41, 5.74) is 2.23. The highest BCUT2D eigenvalue weighted by Gasteiger charge is 2.30. The number of nitriles is 1. The van der Waals surface area contributed by atoms with E-state index in [0.29, 0.717) is 39.4 Å². The third-order valence-electron chi connectivity index (χ3n) is 4.33. The van der Waals surface area contributed by atoms with Gasteiger partial charge in [-0.25, -0.2) is 0 Å². The molecule has 2 aromatic rings. The predicted molar refractivity (Wildman–Crippen MR) is 131 cm³/mol. The summed E-state index contributed by atoms with van der Waals surface area (Å²) >= 11 is 8.78. The number of amides is 1.